The molecule has 0 saturated carbocycles. The van der Waals surface area contributed by atoms with Crippen molar-refractivity contribution in [2.45, 2.75) is 13.1 Å². The van der Waals surface area contributed by atoms with Crippen molar-refractivity contribution in [2.24, 2.45) is 0 Å². The number of rotatable bonds is 5. The third-order valence-electron chi connectivity index (χ3n) is 4.73. The highest BCUT2D eigenvalue weighted by atomic mass is 35.5. The number of thiazole rings is 1. The summed E-state index contributed by atoms with van der Waals surface area (Å²) in [4.78, 5) is 18.0. The zero-order chi connectivity index (χ0) is 23.8. The fraction of sp³-hybridized carbons (Fsp3) is 0.136. The van der Waals surface area contributed by atoms with Crippen LogP contribution in [0, 0.1) is 6.92 Å². The molecule has 0 spiro atoms. The molecule has 0 saturated heterocycles. The molecule has 170 valence electrons. The minimum Gasteiger partial charge on any atom is -0.497 e. The van der Waals surface area contributed by atoms with Gasteiger partial charge in [0.15, 0.2) is 10.8 Å². The molecule has 33 heavy (non-hydrogen) atoms. The second-order valence-corrected chi connectivity index (χ2v) is 8.54. The van der Waals surface area contributed by atoms with Gasteiger partial charge < -0.3 is 4.74 Å². The van der Waals surface area contributed by atoms with Crippen molar-refractivity contribution in [2.75, 3.05) is 12.4 Å². The van der Waals surface area contributed by atoms with Crippen LogP contribution in [0.1, 0.15) is 20.9 Å². The maximum absolute atomic E-state index is 13.9. The molecule has 0 atom stereocenters. The van der Waals surface area contributed by atoms with Crippen molar-refractivity contribution in [3.8, 4) is 22.7 Å². The lowest BCUT2D eigenvalue weighted by Crippen LogP contribution is -2.20. The molecule has 11 heteroatoms. The van der Waals surface area contributed by atoms with Crippen molar-refractivity contribution in [3.05, 3.63) is 75.9 Å². The molecule has 1 amide bonds. The van der Waals surface area contributed by atoms with Crippen LogP contribution in [-0.4, -0.2) is 27.8 Å². The molecule has 0 bridgehead atoms. The minimum absolute atomic E-state index is 0.123. The average molecular weight is 493 g/mol. The summed E-state index contributed by atoms with van der Waals surface area (Å²) in [6.45, 7) is 1.81. The number of hydrogen-bond donors (Lipinski definition) is 1. The zero-order valence-electron chi connectivity index (χ0n) is 17.3. The SMILES string of the molecule is COc1ccc(-c2nc(NC(=O)c3cnn(-c4ccc(Cl)cc4)c3C(F)(F)F)sc2C)cc1. The number of ether oxygens (including phenoxy) is 1. The van der Waals surface area contributed by atoms with Gasteiger partial charge in [0, 0.05) is 15.5 Å². The summed E-state index contributed by atoms with van der Waals surface area (Å²) < 4.78 is 47.4. The molecule has 4 aromatic rings. The molecule has 6 nitrogen and oxygen atoms in total. The molecule has 1 N–H and O–H groups in total. The summed E-state index contributed by atoms with van der Waals surface area (Å²) >= 11 is 6.98. The van der Waals surface area contributed by atoms with Gasteiger partial charge in [-0.1, -0.05) is 11.6 Å². The predicted octanol–water partition coefficient (Wildman–Crippen LogP) is 6.24. The van der Waals surface area contributed by atoms with E-state index in [2.05, 4.69) is 15.4 Å². The highest BCUT2D eigenvalue weighted by Gasteiger charge is 2.40. The molecule has 0 aliphatic carbocycles. The normalized spacial score (nSPS) is 11.5. The molecular weight excluding hydrogens is 477 g/mol. The first-order valence-corrected chi connectivity index (χ1v) is 10.7. The van der Waals surface area contributed by atoms with Gasteiger partial charge in [-0.15, -0.1) is 11.3 Å². The van der Waals surface area contributed by atoms with Gasteiger partial charge in [-0.3, -0.25) is 10.1 Å². The summed E-state index contributed by atoms with van der Waals surface area (Å²) in [7, 11) is 1.56. The number of anilines is 1. The Morgan fingerprint density at radius 2 is 1.79 bits per heavy atom. The average Bonchev–Trinajstić information content (AvgIpc) is 3.38. The Morgan fingerprint density at radius 1 is 1.12 bits per heavy atom. The summed E-state index contributed by atoms with van der Waals surface area (Å²) in [5.41, 5.74) is -0.276. The second kappa shape index (κ2) is 8.87. The number of carbonyl (C=O) groups excluding carboxylic acids is 1. The van der Waals surface area contributed by atoms with E-state index in [0.29, 0.717) is 21.1 Å². The van der Waals surface area contributed by atoms with Crippen molar-refractivity contribution < 1.29 is 22.7 Å². The molecule has 0 aliphatic rings. The fourth-order valence-corrected chi connectivity index (χ4v) is 4.15. The number of nitrogens with zero attached hydrogens (tertiary/aromatic N) is 3. The predicted molar refractivity (Wildman–Crippen MR) is 120 cm³/mol. The number of methoxy groups -OCH3 is 1. The quantitative estimate of drug-likeness (QED) is 0.358. The summed E-state index contributed by atoms with van der Waals surface area (Å²) in [6.07, 6.45) is -3.94. The first-order chi connectivity index (χ1) is 15.7. The highest BCUT2D eigenvalue weighted by molar-refractivity contribution is 7.16. The third-order valence-corrected chi connectivity index (χ3v) is 5.87. The number of amides is 1. The van der Waals surface area contributed by atoms with E-state index in [9.17, 15) is 18.0 Å². The lowest BCUT2D eigenvalue weighted by Gasteiger charge is -2.12. The molecule has 0 aliphatic heterocycles. The van der Waals surface area contributed by atoms with E-state index in [-0.39, 0.29) is 10.8 Å². The maximum atomic E-state index is 13.9. The Morgan fingerprint density at radius 3 is 2.39 bits per heavy atom. The van der Waals surface area contributed by atoms with E-state index in [4.69, 9.17) is 16.3 Å². The fourth-order valence-electron chi connectivity index (χ4n) is 3.20. The van der Waals surface area contributed by atoms with E-state index in [0.717, 1.165) is 28.0 Å². The van der Waals surface area contributed by atoms with E-state index in [1.807, 2.05) is 19.1 Å². The Hall–Kier alpha value is -3.37. The van der Waals surface area contributed by atoms with E-state index in [1.165, 1.54) is 24.3 Å². The van der Waals surface area contributed by atoms with E-state index >= 15 is 0 Å². The number of alkyl halides is 3. The lowest BCUT2D eigenvalue weighted by molar-refractivity contribution is -0.143. The summed E-state index contributed by atoms with van der Waals surface area (Å²) in [5.74, 6) is -0.282. The molecule has 0 radical (unpaired) electrons. The second-order valence-electron chi connectivity index (χ2n) is 6.90. The van der Waals surface area contributed by atoms with Crippen LogP contribution in [0.4, 0.5) is 18.3 Å². The molecule has 2 aromatic heterocycles. The van der Waals surface area contributed by atoms with Crippen molar-refractivity contribution >= 4 is 34.0 Å². The maximum Gasteiger partial charge on any atom is 0.434 e. The Balaban J connectivity index is 1.64. The van der Waals surface area contributed by atoms with Gasteiger partial charge >= 0.3 is 6.18 Å². The molecule has 0 unspecified atom stereocenters. The molecule has 2 heterocycles. The van der Waals surface area contributed by atoms with Crippen LogP contribution in [0.3, 0.4) is 0 Å². The Labute approximate surface area is 195 Å². The van der Waals surface area contributed by atoms with E-state index < -0.39 is 23.3 Å². The van der Waals surface area contributed by atoms with Gasteiger partial charge in [0.05, 0.1) is 30.3 Å². The molecule has 4 rings (SSSR count). The smallest absolute Gasteiger partial charge is 0.434 e. The van der Waals surface area contributed by atoms with Crippen molar-refractivity contribution in [1.29, 1.82) is 0 Å². The molecule has 2 aromatic carbocycles. The number of benzene rings is 2. The van der Waals surface area contributed by atoms with Gasteiger partial charge in [0.1, 0.15) is 5.75 Å². The lowest BCUT2D eigenvalue weighted by atomic mass is 10.1. The Bertz CT molecular complexity index is 1300. The van der Waals surface area contributed by atoms with Gasteiger partial charge in [-0.2, -0.15) is 18.3 Å². The van der Waals surface area contributed by atoms with Gasteiger partial charge in [-0.25, -0.2) is 9.67 Å². The van der Waals surface area contributed by atoms with Crippen molar-refractivity contribution in [1.82, 2.24) is 14.8 Å². The largest absolute Gasteiger partial charge is 0.497 e. The Kier molecular flexibility index (Phi) is 6.13. The summed E-state index contributed by atoms with van der Waals surface area (Å²) in [5, 5.41) is 6.80. The summed E-state index contributed by atoms with van der Waals surface area (Å²) in [6, 6.07) is 12.8. The number of carbonyl (C=O) groups is 1. The number of aryl methyl sites for hydroxylation is 1. The van der Waals surface area contributed by atoms with Crippen LogP contribution < -0.4 is 10.1 Å². The third kappa shape index (κ3) is 4.71. The zero-order valence-corrected chi connectivity index (χ0v) is 18.8. The minimum atomic E-state index is -4.82. The van der Waals surface area contributed by atoms with Crippen molar-refractivity contribution in [3.63, 3.8) is 0 Å². The van der Waals surface area contributed by atoms with Crippen LogP contribution in [0.25, 0.3) is 16.9 Å². The standard InChI is InChI=1S/C22H16ClF3N4O2S/c1-12-18(13-3-9-16(32-2)10-4-13)28-21(33-12)29-20(31)17-11-27-30(19(17)22(24,25)26)15-7-5-14(23)6-8-15/h3-11H,1-2H3,(H,28,29,31). The van der Waals surface area contributed by atoms with Crippen LogP contribution in [-0.2, 0) is 6.18 Å². The first kappa shape index (κ1) is 22.8. The molecule has 0 fully saturated rings. The first-order valence-electron chi connectivity index (χ1n) is 9.51. The highest BCUT2D eigenvalue weighted by Crippen LogP contribution is 2.35. The van der Waals surface area contributed by atoms with Gasteiger partial charge in [0.25, 0.3) is 5.91 Å². The monoisotopic (exact) mass is 492 g/mol. The topological polar surface area (TPSA) is 69.0 Å². The van der Waals surface area contributed by atoms with Gasteiger partial charge in [0.2, 0.25) is 0 Å². The number of aromatic nitrogens is 3. The van der Waals surface area contributed by atoms with Gasteiger partial charge in [-0.05, 0) is 55.5 Å². The number of nitrogens with one attached hydrogen (secondary N) is 1. The molecular formula is C22H16ClF3N4O2S. The number of halogens is 4. The van der Waals surface area contributed by atoms with Crippen LogP contribution in [0.2, 0.25) is 5.02 Å². The van der Waals surface area contributed by atoms with Crippen LogP contribution in [0.15, 0.2) is 54.7 Å². The number of hydrogen-bond acceptors (Lipinski definition) is 5. The van der Waals surface area contributed by atoms with Crippen LogP contribution in [0.5, 0.6) is 5.75 Å². The van der Waals surface area contributed by atoms with E-state index in [1.54, 1.807) is 19.2 Å². The van der Waals surface area contributed by atoms with Crippen LogP contribution >= 0.6 is 22.9 Å².